The largest absolute Gasteiger partial charge is 0.454 e. The minimum Gasteiger partial charge on any atom is -0.454 e. The number of anilines is 1. The zero-order valence-corrected chi connectivity index (χ0v) is 17.2. The van der Waals surface area contributed by atoms with Gasteiger partial charge in [0.05, 0.1) is 11.0 Å². The van der Waals surface area contributed by atoms with E-state index in [-0.39, 0.29) is 30.3 Å². The molecular weight excluding hydrogens is 438 g/mol. The van der Waals surface area contributed by atoms with Gasteiger partial charge in [-0.3, -0.25) is 9.36 Å². The second-order valence-corrected chi connectivity index (χ2v) is 8.35. The zero-order valence-electron chi connectivity index (χ0n) is 15.6. The van der Waals surface area contributed by atoms with E-state index in [1.807, 2.05) is 28.8 Å². The summed E-state index contributed by atoms with van der Waals surface area (Å²) in [5.41, 5.74) is 2.33. The zero-order chi connectivity index (χ0) is 20.0. The van der Waals surface area contributed by atoms with Gasteiger partial charge in [0, 0.05) is 28.2 Å². The molecule has 0 saturated heterocycles. The number of imidazole rings is 1. The van der Waals surface area contributed by atoms with E-state index in [4.69, 9.17) is 9.47 Å². The topological polar surface area (TPSA) is 85.4 Å². The molecule has 0 spiro atoms. The molecule has 1 fully saturated rings. The Balaban J connectivity index is 1.27. The predicted octanol–water partition coefficient (Wildman–Crippen LogP) is 4.19. The van der Waals surface area contributed by atoms with Crippen LogP contribution in [0.4, 0.5) is 5.69 Å². The number of ether oxygens (including phenoxy) is 2. The molecule has 2 aliphatic rings. The number of para-hydroxylation sites is 1. The van der Waals surface area contributed by atoms with Gasteiger partial charge in [-0.05, 0) is 65.9 Å². The number of rotatable bonds is 3. The van der Waals surface area contributed by atoms with Crippen LogP contribution in [0.15, 0.2) is 45.7 Å². The molecule has 29 heavy (non-hydrogen) atoms. The second kappa shape index (κ2) is 7.26. The van der Waals surface area contributed by atoms with E-state index < -0.39 is 0 Å². The molecule has 0 bridgehead atoms. The number of benzene rings is 2. The number of H-pyrrole nitrogens is 1. The lowest BCUT2D eigenvalue weighted by Gasteiger charge is -2.28. The third kappa shape index (κ3) is 3.31. The third-order valence-electron chi connectivity index (χ3n) is 5.77. The van der Waals surface area contributed by atoms with E-state index >= 15 is 0 Å². The summed E-state index contributed by atoms with van der Waals surface area (Å²) in [7, 11) is 0. The number of carbonyl (C=O) groups excluding carboxylic acids is 1. The van der Waals surface area contributed by atoms with Gasteiger partial charge < -0.3 is 19.8 Å². The number of nitrogens with zero attached hydrogens (tertiary/aromatic N) is 1. The molecule has 2 aromatic carbocycles. The van der Waals surface area contributed by atoms with E-state index in [1.54, 1.807) is 12.1 Å². The summed E-state index contributed by atoms with van der Waals surface area (Å²) in [5.74, 6) is 1.29. The first-order chi connectivity index (χ1) is 14.1. The van der Waals surface area contributed by atoms with Crippen molar-refractivity contribution in [1.82, 2.24) is 9.55 Å². The molecule has 1 aromatic heterocycles. The van der Waals surface area contributed by atoms with Gasteiger partial charge in [-0.25, -0.2) is 4.79 Å². The van der Waals surface area contributed by atoms with Crippen molar-refractivity contribution in [3.63, 3.8) is 0 Å². The molecule has 7 nitrogen and oxygen atoms in total. The number of fused-ring (bicyclic) bond motifs is 2. The molecule has 150 valence electrons. The highest BCUT2D eigenvalue weighted by Crippen LogP contribution is 2.36. The number of aromatic amines is 1. The lowest BCUT2D eigenvalue weighted by molar-refractivity contribution is -0.121. The Labute approximate surface area is 175 Å². The molecule has 0 unspecified atom stereocenters. The van der Waals surface area contributed by atoms with Crippen molar-refractivity contribution >= 4 is 38.6 Å². The van der Waals surface area contributed by atoms with E-state index in [9.17, 15) is 9.59 Å². The van der Waals surface area contributed by atoms with Crippen molar-refractivity contribution < 1.29 is 14.3 Å². The maximum Gasteiger partial charge on any atom is 0.326 e. The molecule has 1 aliphatic carbocycles. The molecule has 8 heteroatoms. The highest BCUT2D eigenvalue weighted by Gasteiger charge is 2.29. The smallest absolute Gasteiger partial charge is 0.326 e. The van der Waals surface area contributed by atoms with Gasteiger partial charge in [-0.2, -0.15) is 0 Å². The number of amides is 1. The summed E-state index contributed by atoms with van der Waals surface area (Å²) in [6.07, 6.45) is 3.07. The lowest BCUT2D eigenvalue weighted by Crippen LogP contribution is -2.31. The number of halogens is 1. The molecular formula is C21H20BrN3O4. The number of hydrogen-bond acceptors (Lipinski definition) is 4. The molecule has 2 N–H and O–H groups in total. The van der Waals surface area contributed by atoms with Crippen molar-refractivity contribution in [2.45, 2.75) is 31.7 Å². The summed E-state index contributed by atoms with van der Waals surface area (Å²) in [5, 5.41) is 2.98. The summed E-state index contributed by atoms with van der Waals surface area (Å²) >= 11 is 3.49. The third-order valence-corrected chi connectivity index (χ3v) is 6.44. The first kappa shape index (κ1) is 18.3. The molecule has 2 heterocycles. The Morgan fingerprint density at radius 2 is 1.90 bits per heavy atom. The van der Waals surface area contributed by atoms with Crippen LogP contribution in [-0.4, -0.2) is 22.3 Å². The number of aromatic nitrogens is 2. The van der Waals surface area contributed by atoms with Crippen molar-refractivity contribution in [3.8, 4) is 11.5 Å². The molecule has 1 amide bonds. The van der Waals surface area contributed by atoms with Gasteiger partial charge in [-0.1, -0.05) is 6.07 Å². The Hall–Kier alpha value is -2.74. The Kier molecular flexibility index (Phi) is 4.58. The van der Waals surface area contributed by atoms with Gasteiger partial charge in [0.25, 0.3) is 0 Å². The fraction of sp³-hybridized carbons (Fsp3) is 0.333. The monoisotopic (exact) mass is 457 g/mol. The van der Waals surface area contributed by atoms with Crippen LogP contribution < -0.4 is 20.5 Å². The maximum atomic E-state index is 12.7. The molecule has 1 saturated carbocycles. The van der Waals surface area contributed by atoms with Gasteiger partial charge in [0.1, 0.15) is 0 Å². The number of carbonyl (C=O) groups is 1. The fourth-order valence-corrected chi connectivity index (χ4v) is 4.75. The molecule has 1 aliphatic heterocycles. The average molecular weight is 458 g/mol. The molecule has 3 aromatic rings. The van der Waals surface area contributed by atoms with E-state index in [2.05, 4.69) is 26.2 Å². The quantitative estimate of drug-likeness (QED) is 0.617. The normalized spacial score (nSPS) is 20.7. The maximum absolute atomic E-state index is 12.7. The fourth-order valence-electron chi connectivity index (χ4n) is 4.29. The summed E-state index contributed by atoms with van der Waals surface area (Å²) in [6, 6.07) is 11.3. The van der Waals surface area contributed by atoms with Crippen LogP contribution in [-0.2, 0) is 4.79 Å². The van der Waals surface area contributed by atoms with Crippen LogP contribution in [0, 0.1) is 5.92 Å². The van der Waals surface area contributed by atoms with E-state index in [1.165, 1.54) is 0 Å². The van der Waals surface area contributed by atoms with Crippen LogP contribution >= 0.6 is 15.9 Å². The van der Waals surface area contributed by atoms with Crippen LogP contribution in [0.2, 0.25) is 0 Å². The summed E-state index contributed by atoms with van der Waals surface area (Å²) in [4.78, 5) is 28.2. The van der Waals surface area contributed by atoms with Crippen molar-refractivity contribution in [1.29, 1.82) is 0 Å². The van der Waals surface area contributed by atoms with E-state index in [0.717, 1.165) is 41.2 Å². The molecule has 0 atom stereocenters. The first-order valence-electron chi connectivity index (χ1n) is 9.69. The van der Waals surface area contributed by atoms with Gasteiger partial charge >= 0.3 is 5.69 Å². The second-order valence-electron chi connectivity index (χ2n) is 7.50. The minimum absolute atomic E-state index is 0.0105. The number of nitrogens with one attached hydrogen (secondary N) is 2. The first-order valence-corrected chi connectivity index (χ1v) is 10.5. The highest BCUT2D eigenvalue weighted by atomic mass is 79.9. The average Bonchev–Trinajstić information content (AvgIpc) is 3.32. The summed E-state index contributed by atoms with van der Waals surface area (Å²) in [6.45, 7) is 0.209. The Bertz CT molecular complexity index is 1140. The summed E-state index contributed by atoms with van der Waals surface area (Å²) < 4.78 is 13.4. The Morgan fingerprint density at radius 3 is 2.72 bits per heavy atom. The lowest BCUT2D eigenvalue weighted by atomic mass is 9.85. The predicted molar refractivity (Wildman–Crippen MR) is 112 cm³/mol. The Morgan fingerprint density at radius 1 is 1.10 bits per heavy atom. The van der Waals surface area contributed by atoms with Gasteiger partial charge in [0.2, 0.25) is 12.7 Å². The van der Waals surface area contributed by atoms with Crippen LogP contribution in [0.3, 0.4) is 0 Å². The van der Waals surface area contributed by atoms with E-state index in [0.29, 0.717) is 17.2 Å². The van der Waals surface area contributed by atoms with Crippen LogP contribution in [0.5, 0.6) is 11.5 Å². The highest BCUT2D eigenvalue weighted by molar-refractivity contribution is 9.10. The van der Waals surface area contributed by atoms with Crippen molar-refractivity contribution in [2.24, 2.45) is 5.92 Å². The van der Waals surface area contributed by atoms with Crippen molar-refractivity contribution in [3.05, 3.63) is 51.4 Å². The SMILES string of the molecule is O=c1[nH]c2c(Br)cccc2n1[C@H]1CC[C@@H](C(=O)Nc2ccc3c(c2)OCO3)CC1. The van der Waals surface area contributed by atoms with Gasteiger partial charge in [0.15, 0.2) is 11.5 Å². The van der Waals surface area contributed by atoms with Gasteiger partial charge in [-0.15, -0.1) is 0 Å². The van der Waals surface area contributed by atoms with Crippen LogP contribution in [0.25, 0.3) is 11.0 Å². The minimum atomic E-state index is -0.0971. The van der Waals surface area contributed by atoms with Crippen molar-refractivity contribution in [2.75, 3.05) is 12.1 Å². The standard InChI is InChI=1S/C21H20BrN3O4/c22-15-2-1-3-16-19(15)24-21(27)25(16)14-7-4-12(5-8-14)20(26)23-13-6-9-17-18(10-13)29-11-28-17/h1-3,6,9-10,12,14H,4-5,7-8,11H2,(H,23,26)(H,24,27)/t12-,14+. The molecule has 5 rings (SSSR count). The number of hydrogen-bond donors (Lipinski definition) is 2. The molecule has 0 radical (unpaired) electrons. The van der Waals surface area contributed by atoms with Crippen LogP contribution in [0.1, 0.15) is 31.7 Å².